The lowest BCUT2D eigenvalue weighted by atomic mass is 9.88. The first-order chi connectivity index (χ1) is 26.3. The van der Waals surface area contributed by atoms with Crippen LogP contribution in [-0.2, 0) is 32.5 Å². The number of hydrogen-bond acceptors (Lipinski definition) is 8. The Morgan fingerprint density at radius 3 is 2.25 bits per heavy atom. The first kappa shape index (κ1) is 41.7. The lowest BCUT2D eigenvalue weighted by Crippen LogP contribution is -2.46. The summed E-state index contributed by atoms with van der Waals surface area (Å²) in [6.45, 7) is 14.8. The molecule has 4 N–H and O–H groups in total. The largest absolute Gasteiger partial charge is 0.487 e. The number of benzene rings is 3. The second-order valence-corrected chi connectivity index (χ2v) is 17.4. The maximum atomic E-state index is 14.0. The van der Waals surface area contributed by atoms with Crippen LogP contribution in [0.1, 0.15) is 92.1 Å². The van der Waals surface area contributed by atoms with Gasteiger partial charge in [-0.15, -0.1) is 0 Å². The number of aliphatic imine (C=N–C) groups is 1. The van der Waals surface area contributed by atoms with Crippen molar-refractivity contribution in [3.8, 4) is 17.0 Å². The Labute approximate surface area is 329 Å². The van der Waals surface area contributed by atoms with Gasteiger partial charge in [-0.2, -0.15) is 0 Å². The van der Waals surface area contributed by atoms with Gasteiger partial charge in [0, 0.05) is 6.54 Å². The van der Waals surface area contributed by atoms with Crippen LogP contribution in [0.2, 0.25) is 0 Å². The molecule has 0 radical (unpaired) electrons. The topological polar surface area (TPSA) is 171 Å². The number of nitrogens with one attached hydrogen (secondary N) is 2. The number of amides is 1. The molecule has 1 atom stereocenters. The summed E-state index contributed by atoms with van der Waals surface area (Å²) in [5.41, 5.74) is 9.36. The molecular weight excluding hydrogens is 731 g/mol. The zero-order valence-electron chi connectivity index (χ0n) is 33.5. The quantitative estimate of drug-likeness (QED) is 0.0669. The van der Waals surface area contributed by atoms with Crippen LogP contribution in [0.4, 0.5) is 0 Å². The number of carbonyl (C=O) groups is 2. The van der Waals surface area contributed by atoms with E-state index < -0.39 is 39.1 Å². The van der Waals surface area contributed by atoms with E-state index in [1.165, 1.54) is 6.07 Å². The van der Waals surface area contributed by atoms with Gasteiger partial charge in [0.1, 0.15) is 28.6 Å². The standard InChI is InChI=1S/C43H53N5O7S/c1-27-28(2)37(29(3)32-23-24-43(7,8)54-36(27)32)56(52,53)47-41(44)45-25-15-20-34(40(51)55-42(4,5)6)46-38(49)33-21-22-35(31-18-13-10-14-19-31)48(39(33)50)26-30-16-11-9-12-17-30/h9-14,16-19,21-22,34H,15,20,23-26H2,1-8H3,(H,46,49)(H3,44,45,47)/t34-/m0/s1. The minimum Gasteiger partial charge on any atom is -0.487 e. The van der Waals surface area contributed by atoms with E-state index in [0.717, 1.165) is 34.4 Å². The highest BCUT2D eigenvalue weighted by atomic mass is 32.2. The lowest BCUT2D eigenvalue weighted by Gasteiger charge is -2.35. The maximum absolute atomic E-state index is 14.0. The van der Waals surface area contributed by atoms with E-state index in [0.29, 0.717) is 23.2 Å². The number of fused-ring (bicyclic) bond motifs is 1. The number of esters is 1. The second kappa shape index (κ2) is 16.7. The average Bonchev–Trinajstić information content (AvgIpc) is 3.12. The number of sulfonamides is 1. The Hall–Kier alpha value is -5.43. The van der Waals surface area contributed by atoms with Crippen LogP contribution in [0, 0.1) is 20.8 Å². The normalized spacial score (nSPS) is 14.6. The zero-order chi connectivity index (χ0) is 41.0. The van der Waals surface area contributed by atoms with Crippen molar-refractivity contribution in [3.05, 3.63) is 117 Å². The van der Waals surface area contributed by atoms with Gasteiger partial charge >= 0.3 is 5.97 Å². The van der Waals surface area contributed by atoms with E-state index in [-0.39, 0.29) is 48.0 Å². The van der Waals surface area contributed by atoms with Gasteiger partial charge in [-0.1, -0.05) is 60.7 Å². The fourth-order valence-electron chi connectivity index (χ4n) is 6.86. The highest BCUT2D eigenvalue weighted by molar-refractivity contribution is 7.90. The minimum atomic E-state index is -4.11. The van der Waals surface area contributed by atoms with Gasteiger partial charge in [0.15, 0.2) is 0 Å². The molecule has 1 amide bonds. The van der Waals surface area contributed by atoms with Crippen LogP contribution in [0.3, 0.4) is 0 Å². The molecular formula is C43H53N5O7S. The summed E-state index contributed by atoms with van der Waals surface area (Å²) in [4.78, 5) is 45.5. The van der Waals surface area contributed by atoms with Crippen LogP contribution < -0.4 is 26.1 Å². The molecule has 0 bridgehead atoms. The predicted molar refractivity (Wildman–Crippen MR) is 219 cm³/mol. The number of ether oxygens (including phenoxy) is 2. The predicted octanol–water partition coefficient (Wildman–Crippen LogP) is 6.11. The Balaban J connectivity index is 1.33. The first-order valence-electron chi connectivity index (χ1n) is 18.8. The molecule has 4 aromatic rings. The Bertz CT molecular complexity index is 2300. The highest BCUT2D eigenvalue weighted by Gasteiger charge is 2.34. The van der Waals surface area contributed by atoms with E-state index in [2.05, 4.69) is 15.0 Å². The van der Waals surface area contributed by atoms with Gasteiger partial charge in [-0.3, -0.25) is 14.6 Å². The van der Waals surface area contributed by atoms with Crippen molar-refractivity contribution in [3.63, 3.8) is 0 Å². The van der Waals surface area contributed by atoms with Crippen molar-refractivity contribution < 1.29 is 27.5 Å². The van der Waals surface area contributed by atoms with Crippen LogP contribution in [0.5, 0.6) is 5.75 Å². The number of pyridine rings is 1. The fourth-order valence-corrected chi connectivity index (χ4v) is 8.38. The van der Waals surface area contributed by atoms with Crippen molar-refractivity contribution in [1.29, 1.82) is 0 Å². The van der Waals surface area contributed by atoms with Gasteiger partial charge in [-0.05, 0) is 127 Å². The molecule has 298 valence electrons. The monoisotopic (exact) mass is 783 g/mol. The molecule has 2 heterocycles. The minimum absolute atomic E-state index is 0.0310. The van der Waals surface area contributed by atoms with Crippen molar-refractivity contribution in [1.82, 2.24) is 14.6 Å². The molecule has 0 unspecified atom stereocenters. The molecule has 13 heteroatoms. The molecule has 0 aliphatic carbocycles. The second-order valence-electron chi connectivity index (χ2n) is 15.8. The Morgan fingerprint density at radius 1 is 0.964 bits per heavy atom. The molecule has 56 heavy (non-hydrogen) atoms. The summed E-state index contributed by atoms with van der Waals surface area (Å²) in [5, 5.41) is 2.71. The van der Waals surface area contributed by atoms with Crippen molar-refractivity contribution in [2.75, 3.05) is 6.54 Å². The maximum Gasteiger partial charge on any atom is 0.329 e. The van der Waals surface area contributed by atoms with Crippen LogP contribution in [-0.4, -0.2) is 54.6 Å². The summed E-state index contributed by atoms with van der Waals surface area (Å²) < 4.78 is 43.2. The van der Waals surface area contributed by atoms with E-state index in [4.69, 9.17) is 15.2 Å². The number of hydrogen-bond donors (Lipinski definition) is 3. The fraction of sp³-hybridized carbons (Fsp3) is 0.395. The van der Waals surface area contributed by atoms with Crippen molar-refractivity contribution in [2.45, 2.75) is 110 Å². The Morgan fingerprint density at radius 2 is 1.61 bits per heavy atom. The molecule has 5 rings (SSSR count). The van der Waals surface area contributed by atoms with Gasteiger partial charge in [0.05, 0.1) is 17.1 Å². The number of rotatable bonds is 12. The third-order valence-electron chi connectivity index (χ3n) is 9.78. The molecule has 3 aromatic carbocycles. The summed E-state index contributed by atoms with van der Waals surface area (Å²) in [5.74, 6) is -1.00. The van der Waals surface area contributed by atoms with E-state index in [1.807, 2.05) is 81.4 Å². The first-order valence-corrected chi connectivity index (χ1v) is 20.3. The third-order valence-corrected chi connectivity index (χ3v) is 11.4. The van der Waals surface area contributed by atoms with Crippen LogP contribution in [0.25, 0.3) is 11.3 Å². The number of aromatic nitrogens is 1. The van der Waals surface area contributed by atoms with Gasteiger partial charge < -0.3 is 25.1 Å². The van der Waals surface area contributed by atoms with E-state index in [1.54, 1.807) is 45.3 Å². The Kier molecular flexibility index (Phi) is 12.5. The van der Waals surface area contributed by atoms with E-state index in [9.17, 15) is 22.8 Å². The SMILES string of the molecule is Cc1c(C)c(S(=O)(=O)NC(N)=NCCC[C@H](NC(=O)c2ccc(-c3ccccc3)n(Cc3ccccc3)c2=O)C(=O)OC(C)(C)C)c(C)c2c1OC(C)(C)CC2. The number of nitrogens with two attached hydrogens (primary N) is 1. The molecule has 0 spiro atoms. The zero-order valence-corrected chi connectivity index (χ0v) is 34.3. The van der Waals surface area contributed by atoms with Crippen LogP contribution >= 0.6 is 0 Å². The molecule has 12 nitrogen and oxygen atoms in total. The van der Waals surface area contributed by atoms with Gasteiger partial charge in [0.2, 0.25) is 5.96 Å². The summed E-state index contributed by atoms with van der Waals surface area (Å²) in [6.07, 6.45) is 1.72. The average molecular weight is 784 g/mol. The van der Waals surface area contributed by atoms with E-state index >= 15 is 0 Å². The van der Waals surface area contributed by atoms with Crippen LogP contribution in [0.15, 0.2) is 87.5 Å². The lowest BCUT2D eigenvalue weighted by molar-refractivity contribution is -0.157. The summed E-state index contributed by atoms with van der Waals surface area (Å²) >= 11 is 0. The molecule has 0 saturated carbocycles. The van der Waals surface area contributed by atoms with Gasteiger partial charge in [-0.25, -0.2) is 17.9 Å². The van der Waals surface area contributed by atoms with Crippen molar-refractivity contribution in [2.24, 2.45) is 10.7 Å². The highest BCUT2D eigenvalue weighted by Crippen LogP contribution is 2.42. The molecule has 1 aliphatic rings. The molecule has 1 aliphatic heterocycles. The third kappa shape index (κ3) is 9.86. The number of nitrogens with zero attached hydrogens (tertiary/aromatic N) is 2. The summed E-state index contributed by atoms with van der Waals surface area (Å²) in [6, 6.07) is 20.9. The molecule has 0 saturated heterocycles. The smallest absolute Gasteiger partial charge is 0.329 e. The number of carbonyl (C=O) groups excluding carboxylic acids is 2. The molecule has 1 aromatic heterocycles. The number of guanidine groups is 1. The van der Waals surface area contributed by atoms with Gasteiger partial charge in [0.25, 0.3) is 21.5 Å². The summed E-state index contributed by atoms with van der Waals surface area (Å²) in [7, 11) is -4.11. The van der Waals surface area contributed by atoms with Crippen molar-refractivity contribution >= 4 is 27.9 Å². The molecule has 0 fully saturated rings.